The Balaban J connectivity index is 2.20. The van der Waals surface area contributed by atoms with Crippen molar-refractivity contribution >= 4 is 17.0 Å². The number of aromatic carboxylic acids is 1. The summed E-state index contributed by atoms with van der Waals surface area (Å²) in [5, 5.41) is 8.97. The lowest BCUT2D eigenvalue weighted by atomic mass is 10.2. The first-order valence-electron chi connectivity index (χ1n) is 5.37. The molecule has 0 saturated carbocycles. The molecule has 0 bridgehead atoms. The smallest absolute Gasteiger partial charge is 0.335 e. The molecule has 0 atom stereocenters. The molecule has 0 radical (unpaired) electrons. The van der Waals surface area contributed by atoms with E-state index in [4.69, 9.17) is 5.11 Å². The van der Waals surface area contributed by atoms with Crippen molar-refractivity contribution < 1.29 is 9.90 Å². The van der Waals surface area contributed by atoms with Crippen LogP contribution in [0.25, 0.3) is 16.9 Å². The molecule has 18 heavy (non-hydrogen) atoms. The predicted octanol–water partition coefficient (Wildman–Crippen LogP) is 2.12. The van der Waals surface area contributed by atoms with Crippen LogP contribution in [0.5, 0.6) is 0 Å². The second-order valence-electron chi connectivity index (χ2n) is 3.81. The highest BCUT2D eigenvalue weighted by atomic mass is 16.4. The van der Waals surface area contributed by atoms with Gasteiger partial charge >= 0.3 is 5.97 Å². The van der Waals surface area contributed by atoms with Crippen LogP contribution >= 0.6 is 0 Å². The van der Waals surface area contributed by atoms with Gasteiger partial charge in [-0.2, -0.15) is 0 Å². The van der Waals surface area contributed by atoms with E-state index in [1.54, 1.807) is 10.9 Å². The third kappa shape index (κ3) is 1.62. The molecule has 3 rings (SSSR count). The van der Waals surface area contributed by atoms with E-state index < -0.39 is 5.97 Å². The normalized spacial score (nSPS) is 10.7. The minimum Gasteiger partial charge on any atom is -0.478 e. The number of carbonyl (C=O) groups is 1. The molecule has 5 heteroatoms. The molecule has 0 aliphatic rings. The van der Waals surface area contributed by atoms with E-state index in [0.717, 1.165) is 11.0 Å². The number of imidazole rings is 1. The Morgan fingerprint density at radius 2 is 2.00 bits per heavy atom. The van der Waals surface area contributed by atoms with Gasteiger partial charge in [0.1, 0.15) is 12.1 Å². The van der Waals surface area contributed by atoms with Crippen LogP contribution in [-0.2, 0) is 0 Å². The Kier molecular flexibility index (Phi) is 2.30. The van der Waals surface area contributed by atoms with Gasteiger partial charge in [-0.05, 0) is 24.3 Å². The number of pyridine rings is 1. The van der Waals surface area contributed by atoms with Gasteiger partial charge in [0.25, 0.3) is 0 Å². The zero-order valence-corrected chi connectivity index (χ0v) is 9.32. The summed E-state index contributed by atoms with van der Waals surface area (Å²) in [5.41, 5.74) is 1.95. The molecule has 88 valence electrons. The third-order valence-electron chi connectivity index (χ3n) is 2.69. The SMILES string of the molecule is O=C(O)c1ccnc(-n2cnc3ccccc32)c1. The number of hydrogen-bond acceptors (Lipinski definition) is 3. The number of carboxylic acid groups (broad SMARTS) is 1. The second kappa shape index (κ2) is 3.96. The van der Waals surface area contributed by atoms with E-state index in [1.165, 1.54) is 18.3 Å². The van der Waals surface area contributed by atoms with E-state index in [1.807, 2.05) is 24.3 Å². The molecule has 1 N–H and O–H groups in total. The molecule has 0 amide bonds. The van der Waals surface area contributed by atoms with Crippen molar-refractivity contribution in [3.05, 3.63) is 54.5 Å². The van der Waals surface area contributed by atoms with Gasteiger partial charge in [0.2, 0.25) is 0 Å². The maximum atomic E-state index is 10.9. The number of carboxylic acids is 1. The minimum atomic E-state index is -0.969. The molecule has 2 aromatic heterocycles. The number of hydrogen-bond donors (Lipinski definition) is 1. The molecule has 3 aromatic rings. The average molecular weight is 239 g/mol. The molecule has 0 spiro atoms. The van der Waals surface area contributed by atoms with Crippen LogP contribution in [0.2, 0.25) is 0 Å². The first-order chi connectivity index (χ1) is 8.75. The molecule has 2 heterocycles. The Morgan fingerprint density at radius 1 is 1.17 bits per heavy atom. The molecule has 0 fully saturated rings. The predicted molar refractivity (Wildman–Crippen MR) is 65.8 cm³/mol. The van der Waals surface area contributed by atoms with Crippen molar-refractivity contribution in [3.63, 3.8) is 0 Å². The van der Waals surface area contributed by atoms with Gasteiger partial charge in [-0.3, -0.25) is 4.57 Å². The van der Waals surface area contributed by atoms with Crippen molar-refractivity contribution in [2.75, 3.05) is 0 Å². The molecular formula is C13H9N3O2. The van der Waals surface area contributed by atoms with E-state index in [0.29, 0.717) is 5.82 Å². The second-order valence-corrected chi connectivity index (χ2v) is 3.81. The quantitative estimate of drug-likeness (QED) is 0.743. The summed E-state index contributed by atoms with van der Waals surface area (Å²) < 4.78 is 1.77. The van der Waals surface area contributed by atoms with Crippen LogP contribution in [0, 0.1) is 0 Å². The molecule has 0 aliphatic carbocycles. The number of nitrogens with zero attached hydrogens (tertiary/aromatic N) is 3. The summed E-state index contributed by atoms with van der Waals surface area (Å²) >= 11 is 0. The average Bonchev–Trinajstić information content (AvgIpc) is 2.82. The molecule has 0 unspecified atom stereocenters. The van der Waals surface area contributed by atoms with Crippen LogP contribution in [0.1, 0.15) is 10.4 Å². The highest BCUT2D eigenvalue weighted by Gasteiger charge is 2.08. The zero-order chi connectivity index (χ0) is 12.5. The Bertz CT molecular complexity index is 734. The highest BCUT2D eigenvalue weighted by molar-refractivity contribution is 5.88. The maximum Gasteiger partial charge on any atom is 0.335 e. The number of para-hydroxylation sites is 2. The van der Waals surface area contributed by atoms with Crippen LogP contribution in [0.15, 0.2) is 48.9 Å². The summed E-state index contributed by atoms with van der Waals surface area (Å²) in [6, 6.07) is 10.6. The maximum absolute atomic E-state index is 10.9. The number of fused-ring (bicyclic) bond motifs is 1. The molecule has 5 nitrogen and oxygen atoms in total. The lowest BCUT2D eigenvalue weighted by molar-refractivity contribution is 0.0696. The van der Waals surface area contributed by atoms with Gasteiger partial charge in [-0.15, -0.1) is 0 Å². The van der Waals surface area contributed by atoms with Crippen molar-refractivity contribution in [2.45, 2.75) is 0 Å². The summed E-state index contributed by atoms with van der Waals surface area (Å²) in [6.45, 7) is 0. The Labute approximate surface area is 102 Å². The van der Waals surface area contributed by atoms with E-state index in [2.05, 4.69) is 9.97 Å². The fourth-order valence-electron chi connectivity index (χ4n) is 1.82. The van der Waals surface area contributed by atoms with Crippen molar-refractivity contribution in [1.29, 1.82) is 0 Å². The topological polar surface area (TPSA) is 68.0 Å². The van der Waals surface area contributed by atoms with Gasteiger partial charge in [-0.25, -0.2) is 14.8 Å². The van der Waals surface area contributed by atoms with E-state index in [9.17, 15) is 4.79 Å². The zero-order valence-electron chi connectivity index (χ0n) is 9.32. The highest BCUT2D eigenvalue weighted by Crippen LogP contribution is 2.16. The standard InChI is InChI=1S/C13H9N3O2/c17-13(18)9-5-6-14-12(7-9)16-8-15-10-3-1-2-4-11(10)16/h1-8H,(H,17,18). The fourth-order valence-corrected chi connectivity index (χ4v) is 1.82. The fraction of sp³-hybridized carbons (Fsp3) is 0. The lowest BCUT2D eigenvalue weighted by Crippen LogP contribution is -2.01. The monoisotopic (exact) mass is 239 g/mol. The third-order valence-corrected chi connectivity index (χ3v) is 2.69. The van der Waals surface area contributed by atoms with Gasteiger partial charge < -0.3 is 5.11 Å². The van der Waals surface area contributed by atoms with Crippen LogP contribution in [0.4, 0.5) is 0 Å². The van der Waals surface area contributed by atoms with Gasteiger partial charge in [0, 0.05) is 6.20 Å². The van der Waals surface area contributed by atoms with Gasteiger partial charge in [0.05, 0.1) is 16.6 Å². The molecule has 0 saturated heterocycles. The van der Waals surface area contributed by atoms with Gasteiger partial charge in [0.15, 0.2) is 0 Å². The summed E-state index contributed by atoms with van der Waals surface area (Å²) in [7, 11) is 0. The molecular weight excluding hydrogens is 230 g/mol. The molecule has 0 aliphatic heterocycles. The number of aromatic nitrogens is 3. The molecule has 1 aromatic carbocycles. The Hall–Kier alpha value is -2.69. The van der Waals surface area contributed by atoms with Crippen LogP contribution in [-0.4, -0.2) is 25.6 Å². The largest absolute Gasteiger partial charge is 0.478 e. The number of benzene rings is 1. The first-order valence-corrected chi connectivity index (χ1v) is 5.37. The number of rotatable bonds is 2. The van der Waals surface area contributed by atoms with E-state index >= 15 is 0 Å². The van der Waals surface area contributed by atoms with Gasteiger partial charge in [-0.1, -0.05) is 12.1 Å². The Morgan fingerprint density at radius 3 is 2.83 bits per heavy atom. The van der Waals surface area contributed by atoms with Crippen LogP contribution in [0.3, 0.4) is 0 Å². The van der Waals surface area contributed by atoms with Crippen LogP contribution < -0.4 is 0 Å². The summed E-state index contributed by atoms with van der Waals surface area (Å²) in [4.78, 5) is 19.4. The van der Waals surface area contributed by atoms with Crippen molar-refractivity contribution in [2.24, 2.45) is 0 Å². The summed E-state index contributed by atoms with van der Waals surface area (Å²) in [5.74, 6) is -0.424. The lowest BCUT2D eigenvalue weighted by Gasteiger charge is -2.03. The first kappa shape index (κ1) is 10.5. The van der Waals surface area contributed by atoms with E-state index in [-0.39, 0.29) is 5.56 Å². The van der Waals surface area contributed by atoms with Crippen molar-refractivity contribution in [3.8, 4) is 5.82 Å². The summed E-state index contributed by atoms with van der Waals surface area (Å²) in [6.07, 6.45) is 3.12. The minimum absolute atomic E-state index is 0.206. The van der Waals surface area contributed by atoms with Crippen molar-refractivity contribution in [1.82, 2.24) is 14.5 Å².